The van der Waals surface area contributed by atoms with Crippen molar-refractivity contribution in [1.82, 2.24) is 4.98 Å². The van der Waals surface area contributed by atoms with E-state index in [0.29, 0.717) is 15.8 Å². The van der Waals surface area contributed by atoms with E-state index in [1.54, 1.807) is 25.4 Å². The van der Waals surface area contributed by atoms with Gasteiger partial charge >= 0.3 is 0 Å². The SMILES string of the molecule is CN=C(N)Sc1ncccc1C#N.Cl. The van der Waals surface area contributed by atoms with Gasteiger partial charge in [0.15, 0.2) is 5.17 Å². The second-order valence-electron chi connectivity index (χ2n) is 2.13. The highest BCUT2D eigenvalue weighted by molar-refractivity contribution is 8.13. The molecule has 0 saturated heterocycles. The predicted molar refractivity (Wildman–Crippen MR) is 59.6 cm³/mol. The minimum absolute atomic E-state index is 0. The number of pyridine rings is 1. The highest BCUT2D eigenvalue weighted by Crippen LogP contribution is 2.18. The Morgan fingerprint density at radius 1 is 1.71 bits per heavy atom. The smallest absolute Gasteiger partial charge is 0.160 e. The molecule has 0 unspecified atom stereocenters. The second kappa shape index (κ2) is 6.24. The van der Waals surface area contributed by atoms with Crippen LogP contribution in [0.25, 0.3) is 0 Å². The molecular weight excluding hydrogens is 220 g/mol. The van der Waals surface area contributed by atoms with Crippen LogP contribution in [0.3, 0.4) is 0 Å². The maximum Gasteiger partial charge on any atom is 0.160 e. The van der Waals surface area contributed by atoms with Crippen LogP contribution in [0, 0.1) is 11.3 Å². The van der Waals surface area contributed by atoms with E-state index in [1.807, 2.05) is 6.07 Å². The van der Waals surface area contributed by atoms with E-state index >= 15 is 0 Å². The lowest BCUT2D eigenvalue weighted by Gasteiger charge is -1.99. The normalized spacial score (nSPS) is 10.1. The van der Waals surface area contributed by atoms with Crippen molar-refractivity contribution in [1.29, 1.82) is 5.26 Å². The molecule has 0 aliphatic carbocycles. The summed E-state index contributed by atoms with van der Waals surface area (Å²) in [5, 5.41) is 9.71. The first-order chi connectivity index (χ1) is 6.27. The van der Waals surface area contributed by atoms with Gasteiger partial charge in [0.2, 0.25) is 0 Å². The Morgan fingerprint density at radius 3 is 3.00 bits per heavy atom. The van der Waals surface area contributed by atoms with E-state index in [4.69, 9.17) is 11.0 Å². The van der Waals surface area contributed by atoms with E-state index in [1.165, 1.54) is 11.8 Å². The zero-order chi connectivity index (χ0) is 9.68. The van der Waals surface area contributed by atoms with E-state index < -0.39 is 0 Å². The number of halogens is 1. The van der Waals surface area contributed by atoms with Gasteiger partial charge in [-0.05, 0) is 23.9 Å². The van der Waals surface area contributed by atoms with Gasteiger partial charge in [0.1, 0.15) is 11.1 Å². The lowest BCUT2D eigenvalue weighted by atomic mass is 10.3. The molecule has 0 amide bonds. The Hall–Kier alpha value is -1.25. The van der Waals surface area contributed by atoms with Crippen molar-refractivity contribution in [3.8, 4) is 6.07 Å². The molecule has 0 saturated carbocycles. The fourth-order valence-electron chi connectivity index (χ4n) is 0.702. The van der Waals surface area contributed by atoms with Crippen molar-refractivity contribution in [3.63, 3.8) is 0 Å². The van der Waals surface area contributed by atoms with Gasteiger partial charge in [-0.1, -0.05) is 0 Å². The number of nitrogens with two attached hydrogens (primary N) is 1. The molecule has 1 rings (SSSR count). The molecule has 0 aromatic carbocycles. The number of hydrogen-bond acceptors (Lipinski definition) is 4. The van der Waals surface area contributed by atoms with Crippen molar-refractivity contribution in [2.45, 2.75) is 5.03 Å². The van der Waals surface area contributed by atoms with E-state index in [-0.39, 0.29) is 12.4 Å². The summed E-state index contributed by atoms with van der Waals surface area (Å²) < 4.78 is 0. The molecule has 1 aromatic rings. The summed E-state index contributed by atoms with van der Waals surface area (Å²) in [4.78, 5) is 7.78. The summed E-state index contributed by atoms with van der Waals surface area (Å²) >= 11 is 1.19. The van der Waals surface area contributed by atoms with Crippen LogP contribution in [0.1, 0.15) is 5.56 Å². The monoisotopic (exact) mass is 228 g/mol. The Labute approximate surface area is 92.6 Å². The van der Waals surface area contributed by atoms with Gasteiger partial charge in [0, 0.05) is 13.2 Å². The summed E-state index contributed by atoms with van der Waals surface area (Å²) in [5.74, 6) is 0. The molecule has 2 N–H and O–H groups in total. The fourth-order valence-corrected chi connectivity index (χ4v) is 1.33. The fraction of sp³-hybridized carbons (Fsp3) is 0.125. The number of hydrogen-bond donors (Lipinski definition) is 1. The number of nitriles is 1. The minimum atomic E-state index is 0. The number of nitrogens with zero attached hydrogens (tertiary/aromatic N) is 3. The average Bonchev–Trinajstić information content (AvgIpc) is 2.18. The Balaban J connectivity index is 0.00000169. The summed E-state index contributed by atoms with van der Waals surface area (Å²) in [6.45, 7) is 0. The van der Waals surface area contributed by atoms with Crippen LogP contribution in [0.15, 0.2) is 28.3 Å². The molecule has 14 heavy (non-hydrogen) atoms. The molecule has 0 atom stereocenters. The average molecular weight is 229 g/mol. The predicted octanol–water partition coefficient (Wildman–Crippen LogP) is 1.41. The van der Waals surface area contributed by atoms with Gasteiger partial charge < -0.3 is 5.73 Å². The summed E-state index contributed by atoms with van der Waals surface area (Å²) in [6.07, 6.45) is 1.62. The van der Waals surface area contributed by atoms with Crippen LogP contribution in [-0.2, 0) is 0 Å². The maximum absolute atomic E-state index is 8.72. The van der Waals surface area contributed by atoms with Gasteiger partial charge in [0.25, 0.3) is 0 Å². The van der Waals surface area contributed by atoms with Crippen molar-refractivity contribution in [2.24, 2.45) is 10.7 Å². The molecule has 0 bridgehead atoms. The Morgan fingerprint density at radius 2 is 2.43 bits per heavy atom. The molecule has 0 spiro atoms. The Kier molecular flexibility index (Phi) is 5.68. The summed E-state index contributed by atoms with van der Waals surface area (Å²) in [6, 6.07) is 5.43. The van der Waals surface area contributed by atoms with Crippen LogP contribution >= 0.6 is 24.2 Å². The Bertz CT molecular complexity index is 372. The van der Waals surface area contributed by atoms with Gasteiger partial charge in [-0.2, -0.15) is 5.26 Å². The molecule has 0 radical (unpaired) electrons. The third kappa shape index (κ3) is 3.24. The zero-order valence-corrected chi connectivity index (χ0v) is 9.10. The minimum Gasteiger partial charge on any atom is -0.378 e. The summed E-state index contributed by atoms with van der Waals surface area (Å²) in [5.41, 5.74) is 6.01. The molecule has 0 fully saturated rings. The maximum atomic E-state index is 8.72. The summed E-state index contributed by atoms with van der Waals surface area (Å²) in [7, 11) is 1.59. The van der Waals surface area contributed by atoms with Crippen LogP contribution in [0.5, 0.6) is 0 Å². The molecule has 1 aromatic heterocycles. The third-order valence-electron chi connectivity index (χ3n) is 1.31. The standard InChI is InChI=1S/C8H8N4S.ClH/c1-11-8(10)13-7-6(5-9)3-2-4-12-7;/h2-4H,1H3,(H2,10,11);1H. The number of rotatable bonds is 1. The van der Waals surface area contributed by atoms with Crippen LogP contribution in [0.2, 0.25) is 0 Å². The number of aromatic nitrogens is 1. The molecule has 1 heterocycles. The quantitative estimate of drug-likeness (QED) is 0.448. The lowest BCUT2D eigenvalue weighted by Crippen LogP contribution is -2.06. The van der Waals surface area contributed by atoms with Crippen molar-refractivity contribution < 1.29 is 0 Å². The van der Waals surface area contributed by atoms with Crippen molar-refractivity contribution >= 4 is 29.3 Å². The van der Waals surface area contributed by atoms with E-state index in [2.05, 4.69) is 9.98 Å². The van der Waals surface area contributed by atoms with E-state index in [9.17, 15) is 0 Å². The van der Waals surface area contributed by atoms with Crippen molar-refractivity contribution in [3.05, 3.63) is 23.9 Å². The molecular formula is C8H9ClN4S. The van der Waals surface area contributed by atoms with Crippen LogP contribution in [-0.4, -0.2) is 17.2 Å². The van der Waals surface area contributed by atoms with E-state index in [0.717, 1.165) is 0 Å². The second-order valence-corrected chi connectivity index (χ2v) is 3.14. The van der Waals surface area contributed by atoms with Crippen LogP contribution < -0.4 is 5.73 Å². The molecule has 74 valence electrons. The van der Waals surface area contributed by atoms with Gasteiger partial charge in [-0.25, -0.2) is 4.98 Å². The molecule has 0 aliphatic rings. The highest BCUT2D eigenvalue weighted by atomic mass is 35.5. The highest BCUT2D eigenvalue weighted by Gasteiger charge is 2.04. The molecule has 6 heteroatoms. The molecule has 4 nitrogen and oxygen atoms in total. The van der Waals surface area contributed by atoms with Gasteiger partial charge in [-0.15, -0.1) is 12.4 Å². The number of aliphatic imine (C=N–C) groups is 1. The number of amidine groups is 1. The van der Waals surface area contributed by atoms with Crippen molar-refractivity contribution in [2.75, 3.05) is 7.05 Å². The van der Waals surface area contributed by atoms with Gasteiger partial charge in [0.05, 0.1) is 5.56 Å². The zero-order valence-electron chi connectivity index (χ0n) is 7.47. The topological polar surface area (TPSA) is 75.1 Å². The number of thioether (sulfide) groups is 1. The molecule has 0 aliphatic heterocycles. The first-order valence-electron chi connectivity index (χ1n) is 3.53. The largest absolute Gasteiger partial charge is 0.378 e. The third-order valence-corrected chi connectivity index (χ3v) is 2.22. The van der Waals surface area contributed by atoms with Crippen LogP contribution in [0.4, 0.5) is 0 Å². The first-order valence-corrected chi connectivity index (χ1v) is 4.34. The van der Waals surface area contributed by atoms with Gasteiger partial charge in [-0.3, -0.25) is 4.99 Å². The first kappa shape index (κ1) is 12.8. The lowest BCUT2D eigenvalue weighted by molar-refractivity contribution is 1.12.